The van der Waals surface area contributed by atoms with Crippen LogP contribution in [0.3, 0.4) is 0 Å². The summed E-state index contributed by atoms with van der Waals surface area (Å²) in [4.78, 5) is 18.8. The van der Waals surface area contributed by atoms with Gasteiger partial charge >= 0.3 is 6.09 Å². The second-order valence-corrected chi connectivity index (χ2v) is 8.05. The SMILES string of the molecule is CC(C)(C)OC(=O)N[C@@H]1CCN(c2nccn3nc(-c4ccccc4)cc23)C1. The number of rotatable bonds is 3. The van der Waals surface area contributed by atoms with Gasteiger partial charge in [0, 0.05) is 31.0 Å². The number of ether oxygens (including phenoxy) is 1. The van der Waals surface area contributed by atoms with Crippen molar-refractivity contribution >= 4 is 17.4 Å². The summed E-state index contributed by atoms with van der Waals surface area (Å²) < 4.78 is 7.23. The molecule has 1 saturated heterocycles. The lowest BCUT2D eigenvalue weighted by Crippen LogP contribution is -2.40. The zero-order valence-electron chi connectivity index (χ0n) is 16.4. The van der Waals surface area contributed by atoms with Crippen LogP contribution in [0.2, 0.25) is 0 Å². The highest BCUT2D eigenvalue weighted by Crippen LogP contribution is 2.27. The summed E-state index contributed by atoms with van der Waals surface area (Å²) >= 11 is 0. The molecule has 0 radical (unpaired) electrons. The second kappa shape index (κ2) is 7.14. The summed E-state index contributed by atoms with van der Waals surface area (Å²) in [6.45, 7) is 7.10. The molecule has 2 aromatic heterocycles. The van der Waals surface area contributed by atoms with Gasteiger partial charge in [-0.1, -0.05) is 30.3 Å². The summed E-state index contributed by atoms with van der Waals surface area (Å²) in [7, 11) is 0. The van der Waals surface area contributed by atoms with Gasteiger partial charge in [0.2, 0.25) is 0 Å². The molecule has 1 aliphatic heterocycles. The number of nitrogens with one attached hydrogen (secondary N) is 1. The Morgan fingerprint density at radius 2 is 2.04 bits per heavy atom. The van der Waals surface area contributed by atoms with Crippen LogP contribution in [0.4, 0.5) is 10.6 Å². The van der Waals surface area contributed by atoms with Crippen molar-refractivity contribution in [1.29, 1.82) is 0 Å². The molecule has 0 saturated carbocycles. The minimum absolute atomic E-state index is 0.0356. The fourth-order valence-electron chi connectivity index (χ4n) is 3.45. The van der Waals surface area contributed by atoms with Crippen molar-refractivity contribution in [3.05, 3.63) is 48.8 Å². The quantitative estimate of drug-likeness (QED) is 0.754. The maximum absolute atomic E-state index is 12.0. The fourth-order valence-corrected chi connectivity index (χ4v) is 3.45. The lowest BCUT2D eigenvalue weighted by Gasteiger charge is -2.22. The summed E-state index contributed by atoms with van der Waals surface area (Å²) in [6.07, 6.45) is 4.10. The Bertz CT molecular complexity index is 977. The standard InChI is InChI=1S/C21H25N5O2/c1-21(2,3)28-20(27)23-16-9-11-25(14-16)19-18-13-17(15-7-5-4-6-8-15)24-26(18)12-10-22-19/h4-8,10,12-13,16H,9,11,14H2,1-3H3,(H,23,27)/t16-/m1/s1. The predicted octanol–water partition coefficient (Wildman–Crippen LogP) is 3.50. The number of amides is 1. The van der Waals surface area contributed by atoms with Crippen LogP contribution in [0.25, 0.3) is 16.8 Å². The van der Waals surface area contributed by atoms with Crippen LogP contribution in [0.1, 0.15) is 27.2 Å². The van der Waals surface area contributed by atoms with Gasteiger partial charge in [-0.2, -0.15) is 5.10 Å². The van der Waals surface area contributed by atoms with Gasteiger partial charge in [-0.3, -0.25) is 0 Å². The third-order valence-corrected chi connectivity index (χ3v) is 4.65. The molecule has 0 bridgehead atoms. The Morgan fingerprint density at radius 1 is 1.25 bits per heavy atom. The Labute approximate surface area is 164 Å². The number of fused-ring (bicyclic) bond motifs is 1. The van der Waals surface area contributed by atoms with Gasteiger partial charge in [0.25, 0.3) is 0 Å². The van der Waals surface area contributed by atoms with Crippen molar-refractivity contribution in [2.24, 2.45) is 0 Å². The lowest BCUT2D eigenvalue weighted by molar-refractivity contribution is 0.0509. The van der Waals surface area contributed by atoms with Gasteiger partial charge in [0.05, 0.1) is 11.7 Å². The van der Waals surface area contributed by atoms with Crippen LogP contribution in [-0.4, -0.2) is 45.4 Å². The van der Waals surface area contributed by atoms with E-state index in [0.29, 0.717) is 6.54 Å². The highest BCUT2D eigenvalue weighted by Gasteiger charge is 2.28. The average Bonchev–Trinajstić information content (AvgIpc) is 3.27. The number of anilines is 1. The van der Waals surface area contributed by atoms with Gasteiger partial charge in [-0.15, -0.1) is 0 Å². The predicted molar refractivity (Wildman–Crippen MR) is 108 cm³/mol. The first-order valence-electron chi connectivity index (χ1n) is 9.53. The normalized spacial score (nSPS) is 17.1. The van der Waals surface area contributed by atoms with Crippen molar-refractivity contribution in [1.82, 2.24) is 19.9 Å². The Kier molecular flexibility index (Phi) is 4.66. The van der Waals surface area contributed by atoms with E-state index in [-0.39, 0.29) is 12.1 Å². The number of hydrogen-bond donors (Lipinski definition) is 1. The molecule has 28 heavy (non-hydrogen) atoms. The molecular weight excluding hydrogens is 354 g/mol. The Morgan fingerprint density at radius 3 is 2.79 bits per heavy atom. The molecule has 1 fully saturated rings. The first kappa shape index (κ1) is 18.3. The van der Waals surface area contributed by atoms with Gasteiger partial charge in [-0.25, -0.2) is 14.3 Å². The highest BCUT2D eigenvalue weighted by atomic mass is 16.6. The van der Waals surface area contributed by atoms with E-state index in [2.05, 4.69) is 26.4 Å². The maximum atomic E-state index is 12.0. The van der Waals surface area contributed by atoms with E-state index in [0.717, 1.165) is 35.6 Å². The van der Waals surface area contributed by atoms with E-state index in [9.17, 15) is 4.79 Å². The van der Waals surface area contributed by atoms with E-state index in [4.69, 9.17) is 4.74 Å². The first-order valence-corrected chi connectivity index (χ1v) is 9.53. The van der Waals surface area contributed by atoms with Crippen molar-refractivity contribution in [3.8, 4) is 11.3 Å². The number of carbonyl (C=O) groups excluding carboxylic acids is 1. The van der Waals surface area contributed by atoms with Crippen molar-refractivity contribution < 1.29 is 9.53 Å². The molecule has 3 heterocycles. The first-order chi connectivity index (χ1) is 13.4. The van der Waals surface area contributed by atoms with Crippen LogP contribution >= 0.6 is 0 Å². The summed E-state index contributed by atoms with van der Waals surface area (Å²) in [5.74, 6) is 0.880. The topological polar surface area (TPSA) is 71.8 Å². The fraction of sp³-hybridized carbons (Fsp3) is 0.381. The van der Waals surface area contributed by atoms with E-state index in [1.807, 2.05) is 61.8 Å². The zero-order valence-corrected chi connectivity index (χ0v) is 16.4. The molecule has 3 aromatic rings. The maximum Gasteiger partial charge on any atom is 0.407 e. The molecule has 7 nitrogen and oxygen atoms in total. The molecule has 0 spiro atoms. The molecule has 0 unspecified atom stereocenters. The third kappa shape index (κ3) is 3.93. The highest BCUT2D eigenvalue weighted by molar-refractivity contribution is 5.75. The van der Waals surface area contributed by atoms with Crippen LogP contribution < -0.4 is 10.2 Å². The molecular formula is C21H25N5O2. The number of benzene rings is 1. The molecule has 1 amide bonds. The minimum Gasteiger partial charge on any atom is -0.444 e. The van der Waals surface area contributed by atoms with E-state index in [1.54, 1.807) is 6.20 Å². The van der Waals surface area contributed by atoms with Crippen LogP contribution in [0.5, 0.6) is 0 Å². The number of alkyl carbamates (subject to hydrolysis) is 1. The van der Waals surface area contributed by atoms with Gasteiger partial charge in [-0.05, 0) is 33.3 Å². The Hall–Kier alpha value is -3.09. The minimum atomic E-state index is -0.499. The van der Waals surface area contributed by atoms with Gasteiger partial charge in [0.15, 0.2) is 5.82 Å². The third-order valence-electron chi connectivity index (χ3n) is 4.65. The summed E-state index contributed by atoms with van der Waals surface area (Å²) in [5, 5.41) is 7.64. The molecule has 1 aromatic carbocycles. The lowest BCUT2D eigenvalue weighted by atomic mass is 10.1. The van der Waals surface area contributed by atoms with E-state index < -0.39 is 5.60 Å². The Balaban J connectivity index is 1.52. The van der Waals surface area contributed by atoms with Crippen LogP contribution in [0, 0.1) is 0 Å². The molecule has 1 N–H and O–H groups in total. The molecule has 1 atom stereocenters. The monoisotopic (exact) mass is 379 g/mol. The molecule has 7 heteroatoms. The van der Waals surface area contributed by atoms with Crippen molar-refractivity contribution in [2.45, 2.75) is 38.8 Å². The van der Waals surface area contributed by atoms with Crippen LogP contribution in [-0.2, 0) is 4.74 Å². The summed E-state index contributed by atoms with van der Waals surface area (Å²) in [5.41, 5.74) is 2.45. The molecule has 1 aliphatic rings. The van der Waals surface area contributed by atoms with E-state index in [1.165, 1.54) is 0 Å². The number of nitrogens with zero attached hydrogens (tertiary/aromatic N) is 4. The average molecular weight is 379 g/mol. The number of aromatic nitrogens is 3. The second-order valence-electron chi connectivity index (χ2n) is 8.05. The molecule has 0 aliphatic carbocycles. The smallest absolute Gasteiger partial charge is 0.407 e. The largest absolute Gasteiger partial charge is 0.444 e. The van der Waals surface area contributed by atoms with Gasteiger partial charge < -0.3 is 15.0 Å². The van der Waals surface area contributed by atoms with Crippen LogP contribution in [0.15, 0.2) is 48.8 Å². The number of hydrogen-bond acceptors (Lipinski definition) is 5. The molecule has 146 valence electrons. The number of carbonyl (C=O) groups is 1. The molecule has 4 rings (SSSR count). The van der Waals surface area contributed by atoms with Crippen molar-refractivity contribution in [2.75, 3.05) is 18.0 Å². The van der Waals surface area contributed by atoms with Crippen molar-refractivity contribution in [3.63, 3.8) is 0 Å². The van der Waals surface area contributed by atoms with Gasteiger partial charge in [0.1, 0.15) is 11.1 Å². The summed E-state index contributed by atoms with van der Waals surface area (Å²) in [6, 6.07) is 12.2. The zero-order chi connectivity index (χ0) is 19.7. The van der Waals surface area contributed by atoms with E-state index >= 15 is 0 Å².